The van der Waals surface area contributed by atoms with Crippen LogP contribution in [-0.4, -0.2) is 48.6 Å². The number of hydrogen-bond donors (Lipinski definition) is 2. The molecule has 0 spiro atoms. The van der Waals surface area contributed by atoms with Gasteiger partial charge >= 0.3 is 0 Å². The Labute approximate surface area is 170 Å². The third kappa shape index (κ3) is 7.67. The van der Waals surface area contributed by atoms with Crippen LogP contribution in [0.3, 0.4) is 0 Å². The standard InChI is InChI=1S/C21H25N5O3/c1-16(15-28-3)29-19-13-17(6-4-9-23-10-5-8-22)12-18(14-19)21(27)24-20-7-11-26(2)25-20/h7,11-14,16,23H,5,9-10,15H2,1-3H3,(H,24,25,27)/t16-/m0/s1. The second kappa shape index (κ2) is 11.5. The number of benzene rings is 1. The molecule has 0 bridgehead atoms. The third-order valence-electron chi connectivity index (χ3n) is 3.72. The minimum absolute atomic E-state index is 0.178. The molecule has 2 aromatic rings. The zero-order chi connectivity index (χ0) is 21.1. The summed E-state index contributed by atoms with van der Waals surface area (Å²) in [4.78, 5) is 12.7. The van der Waals surface area contributed by atoms with Crippen molar-refractivity contribution >= 4 is 11.7 Å². The molecule has 2 rings (SSSR count). The van der Waals surface area contributed by atoms with E-state index in [-0.39, 0.29) is 12.0 Å². The van der Waals surface area contributed by atoms with Crippen molar-refractivity contribution < 1.29 is 14.3 Å². The molecule has 2 N–H and O–H groups in total. The number of ether oxygens (including phenoxy) is 2. The van der Waals surface area contributed by atoms with Gasteiger partial charge in [-0.25, -0.2) is 0 Å². The van der Waals surface area contributed by atoms with Gasteiger partial charge in [0.25, 0.3) is 5.91 Å². The Bertz CT molecular complexity index is 920. The van der Waals surface area contributed by atoms with Gasteiger partial charge in [0.15, 0.2) is 5.82 Å². The lowest BCUT2D eigenvalue weighted by Gasteiger charge is -2.15. The highest BCUT2D eigenvalue weighted by Crippen LogP contribution is 2.19. The summed E-state index contributed by atoms with van der Waals surface area (Å²) in [5, 5.41) is 18.5. The summed E-state index contributed by atoms with van der Waals surface area (Å²) in [6.45, 7) is 3.34. The summed E-state index contributed by atoms with van der Waals surface area (Å²) in [6.07, 6.45) is 2.00. The van der Waals surface area contributed by atoms with Crippen molar-refractivity contribution in [2.75, 3.05) is 32.1 Å². The molecule has 0 radical (unpaired) electrons. The fourth-order valence-electron chi connectivity index (χ4n) is 2.48. The van der Waals surface area contributed by atoms with Gasteiger partial charge in [-0.3, -0.25) is 9.48 Å². The van der Waals surface area contributed by atoms with Crippen LogP contribution in [0.2, 0.25) is 0 Å². The lowest BCUT2D eigenvalue weighted by atomic mass is 10.1. The fraction of sp³-hybridized carbons (Fsp3) is 0.381. The molecule has 0 aliphatic carbocycles. The van der Waals surface area contributed by atoms with E-state index in [2.05, 4.69) is 33.6 Å². The van der Waals surface area contributed by atoms with E-state index in [1.807, 2.05) is 6.92 Å². The highest BCUT2D eigenvalue weighted by molar-refractivity contribution is 6.04. The second-order valence-corrected chi connectivity index (χ2v) is 6.35. The molecule has 1 heterocycles. The molecule has 1 aromatic heterocycles. The summed E-state index contributed by atoms with van der Waals surface area (Å²) in [5.74, 6) is 6.71. The average Bonchev–Trinajstić information content (AvgIpc) is 3.09. The number of nitrogens with zero attached hydrogens (tertiary/aromatic N) is 3. The van der Waals surface area contributed by atoms with Crippen LogP contribution in [0, 0.1) is 23.2 Å². The van der Waals surface area contributed by atoms with Crippen LogP contribution in [0.15, 0.2) is 30.5 Å². The van der Waals surface area contributed by atoms with E-state index in [1.165, 1.54) is 0 Å². The molecule has 8 heteroatoms. The van der Waals surface area contributed by atoms with E-state index in [9.17, 15) is 4.79 Å². The van der Waals surface area contributed by atoms with Crippen molar-refractivity contribution in [2.24, 2.45) is 7.05 Å². The first-order valence-corrected chi connectivity index (χ1v) is 9.20. The Balaban J connectivity index is 2.18. The number of nitriles is 1. The molecule has 0 aliphatic heterocycles. The summed E-state index contributed by atoms with van der Waals surface area (Å²) >= 11 is 0. The normalized spacial score (nSPS) is 11.1. The Hall–Kier alpha value is -3.33. The van der Waals surface area contributed by atoms with Gasteiger partial charge in [0.05, 0.1) is 19.2 Å². The van der Waals surface area contributed by atoms with Crippen molar-refractivity contribution in [3.05, 3.63) is 41.6 Å². The van der Waals surface area contributed by atoms with Gasteiger partial charge in [0.2, 0.25) is 0 Å². The maximum Gasteiger partial charge on any atom is 0.257 e. The maximum absolute atomic E-state index is 12.7. The minimum Gasteiger partial charge on any atom is -0.488 e. The number of rotatable bonds is 9. The number of hydrogen-bond acceptors (Lipinski definition) is 6. The number of carbonyl (C=O) groups is 1. The first-order valence-electron chi connectivity index (χ1n) is 9.20. The molecular weight excluding hydrogens is 370 g/mol. The predicted molar refractivity (Wildman–Crippen MR) is 110 cm³/mol. The van der Waals surface area contributed by atoms with Crippen molar-refractivity contribution in [2.45, 2.75) is 19.4 Å². The minimum atomic E-state index is -0.302. The number of carbonyl (C=O) groups excluding carboxylic acids is 1. The second-order valence-electron chi connectivity index (χ2n) is 6.35. The molecule has 0 saturated heterocycles. The maximum atomic E-state index is 12.7. The van der Waals surface area contributed by atoms with Gasteiger partial charge in [-0.15, -0.1) is 0 Å². The zero-order valence-corrected chi connectivity index (χ0v) is 16.9. The molecule has 0 aliphatic rings. The van der Waals surface area contributed by atoms with E-state index < -0.39 is 0 Å². The average molecular weight is 395 g/mol. The van der Waals surface area contributed by atoms with Gasteiger partial charge in [-0.2, -0.15) is 10.4 Å². The third-order valence-corrected chi connectivity index (χ3v) is 3.72. The Morgan fingerprint density at radius 2 is 2.21 bits per heavy atom. The molecule has 152 valence electrons. The molecule has 29 heavy (non-hydrogen) atoms. The molecule has 1 amide bonds. The van der Waals surface area contributed by atoms with Crippen LogP contribution in [-0.2, 0) is 11.8 Å². The summed E-state index contributed by atoms with van der Waals surface area (Å²) in [5.41, 5.74) is 1.07. The van der Waals surface area contributed by atoms with Crippen molar-refractivity contribution in [1.29, 1.82) is 5.26 Å². The van der Waals surface area contributed by atoms with E-state index in [0.29, 0.717) is 48.8 Å². The topological polar surface area (TPSA) is 101 Å². The fourth-order valence-corrected chi connectivity index (χ4v) is 2.48. The van der Waals surface area contributed by atoms with Crippen LogP contribution in [0.5, 0.6) is 5.75 Å². The smallest absolute Gasteiger partial charge is 0.257 e. The molecule has 0 fully saturated rings. The Morgan fingerprint density at radius 1 is 1.38 bits per heavy atom. The van der Waals surface area contributed by atoms with Gasteiger partial charge in [-0.05, 0) is 25.1 Å². The van der Waals surface area contributed by atoms with Gasteiger partial charge in [0, 0.05) is 50.5 Å². The number of methoxy groups -OCH3 is 1. The summed E-state index contributed by atoms with van der Waals surface area (Å²) in [7, 11) is 3.38. The van der Waals surface area contributed by atoms with E-state index in [4.69, 9.17) is 14.7 Å². The molecule has 1 atom stereocenters. The molecule has 0 unspecified atom stereocenters. The number of anilines is 1. The largest absolute Gasteiger partial charge is 0.488 e. The van der Waals surface area contributed by atoms with Crippen molar-refractivity contribution in [3.8, 4) is 23.7 Å². The highest BCUT2D eigenvalue weighted by Gasteiger charge is 2.12. The molecular formula is C21H25N5O3. The number of aromatic nitrogens is 2. The quantitative estimate of drug-likeness (QED) is 0.497. The first kappa shape index (κ1) is 22.0. The van der Waals surface area contributed by atoms with Crippen LogP contribution < -0.4 is 15.4 Å². The molecule has 1 aromatic carbocycles. The molecule has 0 saturated carbocycles. The van der Waals surface area contributed by atoms with Crippen LogP contribution in [0.25, 0.3) is 0 Å². The number of amides is 1. The Morgan fingerprint density at radius 3 is 2.90 bits per heavy atom. The van der Waals surface area contributed by atoms with Crippen LogP contribution in [0.4, 0.5) is 5.82 Å². The Kier molecular flexibility index (Phi) is 8.71. The van der Waals surface area contributed by atoms with Crippen LogP contribution >= 0.6 is 0 Å². The van der Waals surface area contributed by atoms with Crippen LogP contribution in [0.1, 0.15) is 29.3 Å². The zero-order valence-electron chi connectivity index (χ0n) is 16.9. The monoisotopic (exact) mass is 395 g/mol. The number of aryl methyl sites for hydroxylation is 1. The van der Waals surface area contributed by atoms with Gasteiger partial charge < -0.3 is 20.1 Å². The van der Waals surface area contributed by atoms with E-state index in [1.54, 1.807) is 49.3 Å². The first-order chi connectivity index (χ1) is 14.0. The van der Waals surface area contributed by atoms with Gasteiger partial charge in [0.1, 0.15) is 11.9 Å². The van der Waals surface area contributed by atoms with Crippen molar-refractivity contribution in [3.63, 3.8) is 0 Å². The highest BCUT2D eigenvalue weighted by atomic mass is 16.5. The molecule has 8 nitrogen and oxygen atoms in total. The summed E-state index contributed by atoms with van der Waals surface area (Å²) < 4.78 is 12.6. The predicted octanol–water partition coefficient (Wildman–Crippen LogP) is 1.94. The van der Waals surface area contributed by atoms with E-state index >= 15 is 0 Å². The SMILES string of the molecule is COC[C@H](C)Oc1cc(C#CCNCCC#N)cc(C(=O)Nc2ccn(C)n2)c1. The lowest BCUT2D eigenvalue weighted by Crippen LogP contribution is -2.19. The van der Waals surface area contributed by atoms with E-state index in [0.717, 1.165) is 0 Å². The summed E-state index contributed by atoms with van der Waals surface area (Å²) in [6, 6.07) is 8.93. The number of nitrogens with one attached hydrogen (secondary N) is 2. The van der Waals surface area contributed by atoms with Gasteiger partial charge in [-0.1, -0.05) is 11.8 Å². The van der Waals surface area contributed by atoms with Crippen molar-refractivity contribution in [1.82, 2.24) is 15.1 Å². The lowest BCUT2D eigenvalue weighted by molar-refractivity contribution is 0.0917.